The predicted octanol–water partition coefficient (Wildman–Crippen LogP) is -0.134. The van der Waals surface area contributed by atoms with Crippen LogP contribution in [0.15, 0.2) is 17.1 Å². The second kappa shape index (κ2) is 6.97. The van der Waals surface area contributed by atoms with Crippen molar-refractivity contribution in [3.8, 4) is 0 Å². The minimum atomic E-state index is -1.20. The first-order chi connectivity index (χ1) is 10.9. The molecule has 124 valence electrons. The number of carboxylic acids is 1. The summed E-state index contributed by atoms with van der Waals surface area (Å²) in [6.07, 6.45) is -0.507. The molecule has 3 atom stereocenters. The van der Waals surface area contributed by atoms with Gasteiger partial charge in [0.1, 0.15) is 5.70 Å². The van der Waals surface area contributed by atoms with E-state index in [1.807, 2.05) is 0 Å². The number of aliphatic hydroxyl groups is 1. The minimum absolute atomic E-state index is 0. The van der Waals surface area contributed by atoms with E-state index in [1.54, 1.807) is 11.4 Å². The Morgan fingerprint density at radius 3 is 2.67 bits per heavy atom. The van der Waals surface area contributed by atoms with Crippen molar-refractivity contribution >= 4 is 64.3 Å². The van der Waals surface area contributed by atoms with Crippen LogP contribution < -0.4 is 5.32 Å². The van der Waals surface area contributed by atoms with Crippen LogP contribution in [0.3, 0.4) is 0 Å². The number of nitrogens with one attached hydrogen (secondary N) is 1. The summed E-state index contributed by atoms with van der Waals surface area (Å²) in [6.45, 7) is 1.53. The van der Waals surface area contributed by atoms with Gasteiger partial charge in [0.25, 0.3) is 5.91 Å². The molecule has 3 N–H and O–H groups in total. The Morgan fingerprint density at radius 2 is 2.12 bits per heavy atom. The van der Waals surface area contributed by atoms with E-state index in [2.05, 4.69) is 5.32 Å². The van der Waals surface area contributed by atoms with Crippen LogP contribution in [0.5, 0.6) is 0 Å². The summed E-state index contributed by atoms with van der Waals surface area (Å²) in [5.41, 5.74) is 0.798. The van der Waals surface area contributed by atoms with Crippen LogP contribution in [0.1, 0.15) is 28.6 Å². The van der Waals surface area contributed by atoms with Crippen molar-refractivity contribution < 1.29 is 24.6 Å². The normalized spacial score (nSPS) is 23.3. The molecule has 1 aromatic heterocycles. The van der Waals surface area contributed by atoms with Gasteiger partial charge < -0.3 is 20.4 Å². The number of carbonyl (C=O) groups is 3. The Bertz CT molecular complexity index is 742. The van der Waals surface area contributed by atoms with Gasteiger partial charge in [-0.15, -0.1) is 11.3 Å². The molecule has 0 bridgehead atoms. The molecule has 1 fully saturated rings. The van der Waals surface area contributed by atoms with Gasteiger partial charge in [-0.3, -0.25) is 9.59 Å². The molecule has 9 heteroatoms. The van der Waals surface area contributed by atoms with Crippen LogP contribution in [-0.4, -0.2) is 81.6 Å². The van der Waals surface area contributed by atoms with Crippen molar-refractivity contribution in [2.45, 2.75) is 25.5 Å². The third-order valence-corrected chi connectivity index (χ3v) is 5.32. The molecule has 0 aromatic carbocycles. The fraction of sp³-hybridized carbons (Fsp3) is 0.400. The quantitative estimate of drug-likeness (QED) is 0.512. The number of fused-ring (bicyclic) bond motifs is 1. The van der Waals surface area contributed by atoms with E-state index in [4.69, 9.17) is 0 Å². The summed E-state index contributed by atoms with van der Waals surface area (Å²) in [5.74, 6) is -2.47. The van der Waals surface area contributed by atoms with Crippen molar-refractivity contribution in [1.82, 2.24) is 10.2 Å². The standard InChI is InChI=1S/C15H16N2O5S.Na.H/c1-6(18)10-9-5-8(11(15(21)22)17(9)14(10)20)12-7(3-4-23-12)13(19)16-2;;/h3-4,6,9-10,18H,5H2,1-2H3,(H,16,19)(H,21,22);;/t6-,9-,10-;;/m1../s1. The number of thiophene rings is 1. The SMILES string of the molecule is CNC(=O)c1ccsc1C1=C(C(=O)O)N2C(=O)[C@H]([C@@H](C)O)[C@H]2C1.[NaH]. The Labute approximate surface area is 164 Å². The summed E-state index contributed by atoms with van der Waals surface area (Å²) in [7, 11) is 1.51. The van der Waals surface area contributed by atoms with Crippen LogP contribution in [0.4, 0.5) is 0 Å². The van der Waals surface area contributed by atoms with E-state index in [-0.39, 0.29) is 53.1 Å². The second-order valence-corrected chi connectivity index (χ2v) is 6.54. The van der Waals surface area contributed by atoms with E-state index in [9.17, 15) is 24.6 Å². The van der Waals surface area contributed by atoms with Crippen LogP contribution in [-0.2, 0) is 9.59 Å². The number of nitrogens with zero attached hydrogens (tertiary/aromatic N) is 1. The number of amides is 2. The molecule has 7 nitrogen and oxygen atoms in total. The maximum atomic E-state index is 12.2. The number of carbonyl (C=O) groups excluding carboxylic acids is 2. The van der Waals surface area contributed by atoms with Crippen LogP contribution >= 0.6 is 11.3 Å². The monoisotopic (exact) mass is 360 g/mol. The van der Waals surface area contributed by atoms with Crippen molar-refractivity contribution in [3.05, 3.63) is 27.6 Å². The molecule has 0 spiro atoms. The molecule has 3 heterocycles. The Kier molecular flexibility index (Phi) is 5.56. The summed E-state index contributed by atoms with van der Waals surface area (Å²) in [5, 5.41) is 23.5. The van der Waals surface area contributed by atoms with E-state index in [1.165, 1.54) is 30.2 Å². The fourth-order valence-corrected chi connectivity index (χ4v) is 4.28. The van der Waals surface area contributed by atoms with Gasteiger partial charge in [0.2, 0.25) is 5.91 Å². The van der Waals surface area contributed by atoms with E-state index in [0.717, 1.165) is 0 Å². The van der Waals surface area contributed by atoms with Gasteiger partial charge in [-0.1, -0.05) is 0 Å². The molecule has 1 saturated heterocycles. The van der Waals surface area contributed by atoms with E-state index < -0.39 is 18.0 Å². The van der Waals surface area contributed by atoms with Crippen molar-refractivity contribution in [2.75, 3.05) is 7.05 Å². The second-order valence-electron chi connectivity index (χ2n) is 5.62. The number of aliphatic carboxylic acids is 1. The molecule has 0 aliphatic carbocycles. The molecule has 2 amide bonds. The number of carboxylic acid groups (broad SMARTS) is 1. The number of hydrogen-bond donors (Lipinski definition) is 3. The van der Waals surface area contributed by atoms with Crippen LogP contribution in [0.2, 0.25) is 0 Å². The average molecular weight is 360 g/mol. The molecule has 1 aromatic rings. The molecule has 0 saturated carbocycles. The van der Waals surface area contributed by atoms with Crippen molar-refractivity contribution in [3.63, 3.8) is 0 Å². The van der Waals surface area contributed by atoms with E-state index >= 15 is 0 Å². The number of hydrogen-bond acceptors (Lipinski definition) is 5. The molecule has 3 rings (SSSR count). The summed E-state index contributed by atoms with van der Waals surface area (Å²) in [4.78, 5) is 37.6. The first kappa shape index (κ1) is 19.1. The fourth-order valence-electron chi connectivity index (χ4n) is 3.33. The molecule has 2 aliphatic rings. The topological polar surface area (TPSA) is 107 Å². The summed E-state index contributed by atoms with van der Waals surface area (Å²) in [6, 6.07) is 1.28. The molecular weight excluding hydrogens is 343 g/mol. The van der Waals surface area contributed by atoms with Gasteiger partial charge >= 0.3 is 35.5 Å². The molecular formula is C15H17N2NaO5S. The number of rotatable bonds is 4. The van der Waals surface area contributed by atoms with Gasteiger partial charge in [-0.05, 0) is 24.8 Å². The van der Waals surface area contributed by atoms with Gasteiger partial charge in [-0.25, -0.2) is 4.79 Å². The molecule has 0 unspecified atom stereocenters. The van der Waals surface area contributed by atoms with Gasteiger partial charge in [-0.2, -0.15) is 0 Å². The third-order valence-electron chi connectivity index (χ3n) is 4.34. The third kappa shape index (κ3) is 2.72. The zero-order valence-corrected chi connectivity index (χ0v) is 13.4. The Hall–Kier alpha value is -1.19. The molecule has 2 aliphatic heterocycles. The number of β-lactam (4-membered cyclic amide) rings is 1. The molecule has 0 radical (unpaired) electrons. The summed E-state index contributed by atoms with van der Waals surface area (Å²) >= 11 is 1.27. The van der Waals surface area contributed by atoms with Crippen LogP contribution in [0, 0.1) is 5.92 Å². The average Bonchev–Trinajstić information content (AvgIpc) is 3.07. The first-order valence-electron chi connectivity index (χ1n) is 7.16. The van der Waals surface area contributed by atoms with Crippen molar-refractivity contribution in [1.29, 1.82) is 0 Å². The Morgan fingerprint density at radius 1 is 1.46 bits per heavy atom. The first-order valence-corrected chi connectivity index (χ1v) is 8.04. The number of aliphatic hydroxyl groups excluding tert-OH is 1. The van der Waals surface area contributed by atoms with Crippen molar-refractivity contribution in [2.24, 2.45) is 5.92 Å². The predicted molar refractivity (Wildman–Crippen MR) is 89.8 cm³/mol. The Balaban J connectivity index is 0.00000208. The van der Waals surface area contributed by atoms with Gasteiger partial charge in [0.15, 0.2) is 0 Å². The zero-order chi connectivity index (χ0) is 16.9. The summed E-state index contributed by atoms with van der Waals surface area (Å²) < 4.78 is 0. The zero-order valence-electron chi connectivity index (χ0n) is 12.6. The maximum absolute atomic E-state index is 12.2. The van der Waals surface area contributed by atoms with Gasteiger partial charge in [0, 0.05) is 17.5 Å². The van der Waals surface area contributed by atoms with Crippen LogP contribution in [0.25, 0.3) is 5.57 Å². The molecule has 24 heavy (non-hydrogen) atoms. The van der Waals surface area contributed by atoms with E-state index in [0.29, 0.717) is 22.4 Å². The van der Waals surface area contributed by atoms with Gasteiger partial charge in [0.05, 0.1) is 23.6 Å².